The van der Waals surface area contributed by atoms with Gasteiger partial charge in [0, 0.05) is 24.1 Å². The Labute approximate surface area is 99.1 Å². The van der Waals surface area contributed by atoms with E-state index in [9.17, 15) is 0 Å². The summed E-state index contributed by atoms with van der Waals surface area (Å²) in [5, 5.41) is 2.27. The fourth-order valence-electron chi connectivity index (χ4n) is 2.05. The molecule has 0 fully saturated rings. The van der Waals surface area contributed by atoms with Crippen molar-refractivity contribution in [3.05, 3.63) is 48.3 Å². The van der Waals surface area contributed by atoms with Gasteiger partial charge in [0.25, 0.3) is 0 Å². The number of benzene rings is 1. The van der Waals surface area contributed by atoms with Crippen LogP contribution in [0.1, 0.15) is 5.56 Å². The Morgan fingerprint density at radius 1 is 1.06 bits per heavy atom. The number of fused-ring (bicyclic) bond motifs is 3. The van der Waals surface area contributed by atoms with Gasteiger partial charge >= 0.3 is 0 Å². The van der Waals surface area contributed by atoms with Gasteiger partial charge in [-0.2, -0.15) is 0 Å². The molecule has 0 radical (unpaired) electrons. The summed E-state index contributed by atoms with van der Waals surface area (Å²) in [6.45, 7) is 0.614. The Bertz CT molecular complexity index is 679. The van der Waals surface area contributed by atoms with Gasteiger partial charge in [-0.3, -0.25) is 9.97 Å². The molecule has 0 bridgehead atoms. The van der Waals surface area contributed by atoms with Crippen LogP contribution in [0.2, 0.25) is 0 Å². The zero-order chi connectivity index (χ0) is 11.7. The molecule has 0 amide bonds. The van der Waals surface area contributed by atoms with E-state index in [1.807, 2.05) is 12.3 Å². The molecule has 2 heterocycles. The molecule has 84 valence electrons. The third-order valence-electron chi connectivity index (χ3n) is 2.83. The Morgan fingerprint density at radius 2 is 1.94 bits per heavy atom. The molecule has 0 atom stereocenters. The second-order valence-corrected chi connectivity index (χ2v) is 3.98. The fourth-order valence-corrected chi connectivity index (χ4v) is 2.05. The fraction of sp³-hybridized carbons (Fsp3) is 0.143. The average Bonchev–Trinajstić information content (AvgIpc) is 2.39. The number of pyridine rings is 2. The van der Waals surface area contributed by atoms with Crippen LogP contribution in [0.5, 0.6) is 0 Å². The van der Waals surface area contributed by atoms with E-state index in [-0.39, 0.29) is 0 Å². The highest BCUT2D eigenvalue weighted by molar-refractivity contribution is 6.03. The molecule has 0 unspecified atom stereocenters. The first-order valence-electron chi connectivity index (χ1n) is 5.50. The first kappa shape index (κ1) is 10.2. The van der Waals surface area contributed by atoms with Crippen molar-refractivity contribution in [1.29, 1.82) is 0 Å². The van der Waals surface area contributed by atoms with Gasteiger partial charge in [-0.15, -0.1) is 0 Å². The predicted molar refractivity (Wildman–Crippen MR) is 67.8 cm³/mol. The molecule has 0 aliphatic heterocycles. The largest absolute Gasteiger partial charge is 0.380 e. The Morgan fingerprint density at radius 3 is 2.82 bits per heavy atom. The molecule has 3 nitrogen and oxygen atoms in total. The van der Waals surface area contributed by atoms with E-state index < -0.39 is 0 Å². The summed E-state index contributed by atoms with van der Waals surface area (Å²) < 4.78 is 5.12. The topological polar surface area (TPSA) is 35.0 Å². The van der Waals surface area contributed by atoms with Crippen LogP contribution in [0.25, 0.3) is 21.8 Å². The molecule has 0 aliphatic carbocycles. The molecule has 0 spiro atoms. The summed E-state index contributed by atoms with van der Waals surface area (Å²) in [7, 11) is 1.70. The Kier molecular flexibility index (Phi) is 2.46. The summed E-state index contributed by atoms with van der Waals surface area (Å²) in [5.74, 6) is 0. The maximum atomic E-state index is 5.12. The molecule has 0 saturated heterocycles. The third-order valence-corrected chi connectivity index (χ3v) is 2.83. The molecule has 0 saturated carbocycles. The smallest absolute Gasteiger partial charge is 0.0891 e. The standard InChI is InChI=1S/C14H12N2O/c1-17-9-10-4-5-12-11-3-2-6-15-14(11)8-16-13(12)7-10/h2-8H,9H2,1H3. The summed E-state index contributed by atoms with van der Waals surface area (Å²) >= 11 is 0. The molecule has 1 aromatic carbocycles. The van der Waals surface area contributed by atoms with Gasteiger partial charge < -0.3 is 4.74 Å². The SMILES string of the molecule is COCc1ccc2c(c1)ncc1ncccc12. The quantitative estimate of drug-likeness (QED) is 0.628. The van der Waals surface area contributed by atoms with E-state index in [1.54, 1.807) is 13.3 Å². The monoisotopic (exact) mass is 224 g/mol. The van der Waals surface area contributed by atoms with Crippen LogP contribution in [-0.4, -0.2) is 17.1 Å². The number of aromatic nitrogens is 2. The van der Waals surface area contributed by atoms with Crippen LogP contribution < -0.4 is 0 Å². The van der Waals surface area contributed by atoms with E-state index in [0.29, 0.717) is 6.61 Å². The van der Waals surface area contributed by atoms with Crippen molar-refractivity contribution < 1.29 is 4.74 Å². The molecular formula is C14H12N2O. The van der Waals surface area contributed by atoms with Crippen LogP contribution in [0.4, 0.5) is 0 Å². The minimum absolute atomic E-state index is 0.614. The summed E-state index contributed by atoms with van der Waals surface area (Å²) in [4.78, 5) is 8.74. The Hall–Kier alpha value is -2.00. The number of methoxy groups -OCH3 is 1. The summed E-state index contributed by atoms with van der Waals surface area (Å²) in [6.07, 6.45) is 3.60. The lowest BCUT2D eigenvalue weighted by Gasteiger charge is -2.04. The van der Waals surface area contributed by atoms with Crippen molar-refractivity contribution >= 4 is 21.8 Å². The first-order valence-corrected chi connectivity index (χ1v) is 5.50. The lowest BCUT2D eigenvalue weighted by Crippen LogP contribution is -1.89. The van der Waals surface area contributed by atoms with Crippen LogP contribution in [-0.2, 0) is 11.3 Å². The minimum Gasteiger partial charge on any atom is -0.380 e. The van der Waals surface area contributed by atoms with Gasteiger partial charge in [0.1, 0.15) is 0 Å². The van der Waals surface area contributed by atoms with E-state index >= 15 is 0 Å². The molecule has 3 heteroatoms. The van der Waals surface area contributed by atoms with Gasteiger partial charge in [0.15, 0.2) is 0 Å². The van der Waals surface area contributed by atoms with Gasteiger partial charge in [0.2, 0.25) is 0 Å². The molecule has 0 aliphatic rings. The van der Waals surface area contributed by atoms with E-state index in [0.717, 1.165) is 27.4 Å². The Balaban J connectivity index is 2.29. The highest BCUT2D eigenvalue weighted by Crippen LogP contribution is 2.22. The van der Waals surface area contributed by atoms with Crippen molar-refractivity contribution in [3.63, 3.8) is 0 Å². The van der Waals surface area contributed by atoms with Crippen molar-refractivity contribution in [2.24, 2.45) is 0 Å². The van der Waals surface area contributed by atoms with Gasteiger partial charge in [-0.1, -0.05) is 18.2 Å². The van der Waals surface area contributed by atoms with Gasteiger partial charge in [-0.25, -0.2) is 0 Å². The minimum atomic E-state index is 0.614. The van der Waals surface area contributed by atoms with Gasteiger partial charge in [0.05, 0.1) is 23.8 Å². The zero-order valence-electron chi connectivity index (χ0n) is 9.55. The lowest BCUT2D eigenvalue weighted by molar-refractivity contribution is 0.185. The first-order chi connectivity index (χ1) is 8.38. The van der Waals surface area contributed by atoms with E-state index in [1.165, 1.54) is 0 Å². The van der Waals surface area contributed by atoms with E-state index in [2.05, 4.69) is 34.2 Å². The van der Waals surface area contributed by atoms with E-state index in [4.69, 9.17) is 4.74 Å². The maximum Gasteiger partial charge on any atom is 0.0891 e. The normalized spacial score (nSPS) is 11.1. The highest BCUT2D eigenvalue weighted by atomic mass is 16.5. The van der Waals surface area contributed by atoms with Crippen molar-refractivity contribution in [2.45, 2.75) is 6.61 Å². The van der Waals surface area contributed by atoms with Crippen molar-refractivity contribution in [3.8, 4) is 0 Å². The molecule has 2 aromatic heterocycles. The lowest BCUT2D eigenvalue weighted by atomic mass is 10.1. The molecule has 0 N–H and O–H groups in total. The maximum absolute atomic E-state index is 5.12. The number of hydrogen-bond acceptors (Lipinski definition) is 3. The second-order valence-electron chi connectivity index (χ2n) is 3.98. The third kappa shape index (κ3) is 1.74. The van der Waals surface area contributed by atoms with Crippen LogP contribution >= 0.6 is 0 Å². The van der Waals surface area contributed by atoms with Crippen molar-refractivity contribution in [1.82, 2.24) is 9.97 Å². The van der Waals surface area contributed by atoms with Crippen LogP contribution in [0, 0.1) is 0 Å². The average molecular weight is 224 g/mol. The summed E-state index contributed by atoms with van der Waals surface area (Å²) in [5.41, 5.74) is 3.05. The second kappa shape index (κ2) is 4.11. The van der Waals surface area contributed by atoms with Crippen LogP contribution in [0.3, 0.4) is 0 Å². The highest BCUT2D eigenvalue weighted by Gasteiger charge is 2.02. The number of rotatable bonds is 2. The molecule has 17 heavy (non-hydrogen) atoms. The molecule has 3 aromatic rings. The molecular weight excluding hydrogens is 212 g/mol. The molecule has 3 rings (SSSR count). The predicted octanol–water partition coefficient (Wildman–Crippen LogP) is 2.93. The van der Waals surface area contributed by atoms with Crippen LogP contribution in [0.15, 0.2) is 42.7 Å². The zero-order valence-corrected chi connectivity index (χ0v) is 9.55. The van der Waals surface area contributed by atoms with Gasteiger partial charge in [-0.05, 0) is 17.7 Å². The number of nitrogens with zero attached hydrogens (tertiary/aromatic N) is 2. The van der Waals surface area contributed by atoms with Crippen molar-refractivity contribution in [2.75, 3.05) is 7.11 Å². The number of ether oxygens (including phenoxy) is 1. The number of hydrogen-bond donors (Lipinski definition) is 0. The summed E-state index contributed by atoms with van der Waals surface area (Å²) in [6, 6.07) is 10.2.